The molecular weight excluding hydrogens is 626 g/mol. The van der Waals surface area contributed by atoms with E-state index in [4.69, 9.17) is 30.8 Å². The molecule has 5 rings (SSSR count). The predicted molar refractivity (Wildman–Crippen MR) is 179 cm³/mol. The summed E-state index contributed by atoms with van der Waals surface area (Å²) < 4.78 is 20.2. The van der Waals surface area contributed by atoms with E-state index in [9.17, 15) is 14.4 Å². The van der Waals surface area contributed by atoms with E-state index in [2.05, 4.69) is 4.57 Å². The van der Waals surface area contributed by atoms with Gasteiger partial charge >= 0.3 is 11.9 Å². The van der Waals surface area contributed by atoms with E-state index < -0.39 is 18.0 Å². The van der Waals surface area contributed by atoms with Gasteiger partial charge in [0.15, 0.2) is 4.80 Å². The molecule has 0 saturated heterocycles. The van der Waals surface area contributed by atoms with Gasteiger partial charge in [-0.1, -0.05) is 42.3 Å². The largest absolute Gasteiger partial charge is 0.496 e. The third kappa shape index (κ3) is 5.83. The molecule has 3 heterocycles. The Hall–Kier alpha value is -4.41. The molecule has 1 aliphatic rings. The molecule has 2 aromatic heterocycles. The van der Waals surface area contributed by atoms with Crippen LogP contribution in [0.25, 0.3) is 11.8 Å². The second kappa shape index (κ2) is 13.5. The van der Waals surface area contributed by atoms with E-state index in [1.807, 2.05) is 52.0 Å². The summed E-state index contributed by atoms with van der Waals surface area (Å²) >= 11 is 7.72. The van der Waals surface area contributed by atoms with Crippen molar-refractivity contribution in [3.63, 3.8) is 0 Å². The van der Waals surface area contributed by atoms with Gasteiger partial charge in [-0.05, 0) is 87.7 Å². The lowest BCUT2D eigenvalue weighted by molar-refractivity contribution is -0.139. The number of nitrogens with zero attached hydrogens (tertiary/aromatic N) is 3. The molecule has 46 heavy (non-hydrogen) atoms. The fourth-order valence-electron chi connectivity index (χ4n) is 5.98. The lowest BCUT2D eigenvalue weighted by atomic mass is 9.93. The highest BCUT2D eigenvalue weighted by Crippen LogP contribution is 2.38. The summed E-state index contributed by atoms with van der Waals surface area (Å²) in [6.45, 7) is 9.75. The van der Waals surface area contributed by atoms with Crippen molar-refractivity contribution in [2.24, 2.45) is 4.99 Å². The van der Waals surface area contributed by atoms with Gasteiger partial charge in [0.1, 0.15) is 11.8 Å². The predicted octanol–water partition coefficient (Wildman–Crippen LogP) is 5.74. The van der Waals surface area contributed by atoms with Crippen LogP contribution in [0, 0.1) is 20.8 Å². The van der Waals surface area contributed by atoms with E-state index >= 15 is 0 Å². The van der Waals surface area contributed by atoms with E-state index in [1.54, 1.807) is 35.8 Å². The number of aromatic nitrogens is 2. The molecule has 0 aliphatic carbocycles. The summed E-state index contributed by atoms with van der Waals surface area (Å²) in [5.41, 5.74) is 5.89. The van der Waals surface area contributed by atoms with Crippen molar-refractivity contribution in [3.05, 3.63) is 112 Å². The van der Waals surface area contributed by atoms with E-state index in [0.717, 1.165) is 34.6 Å². The van der Waals surface area contributed by atoms with Crippen molar-refractivity contribution in [1.29, 1.82) is 0 Å². The number of benzene rings is 2. The maximum atomic E-state index is 14.3. The Kier molecular flexibility index (Phi) is 9.69. The Bertz CT molecular complexity index is 2070. The summed E-state index contributed by atoms with van der Waals surface area (Å²) in [6, 6.07) is 11.8. The number of halogens is 1. The van der Waals surface area contributed by atoms with Gasteiger partial charge in [0.05, 0.1) is 42.2 Å². The van der Waals surface area contributed by atoms with E-state index in [0.29, 0.717) is 48.9 Å². The van der Waals surface area contributed by atoms with Crippen molar-refractivity contribution < 1.29 is 23.8 Å². The zero-order valence-corrected chi connectivity index (χ0v) is 28.5. The van der Waals surface area contributed by atoms with Crippen LogP contribution in [0.5, 0.6) is 5.75 Å². The molecule has 0 spiro atoms. The lowest BCUT2D eigenvalue weighted by Gasteiger charge is -2.27. The minimum atomic E-state index is -0.858. The molecule has 0 N–H and O–H groups in total. The van der Waals surface area contributed by atoms with E-state index in [-0.39, 0.29) is 12.2 Å². The van der Waals surface area contributed by atoms with Crippen LogP contribution in [0.2, 0.25) is 5.02 Å². The van der Waals surface area contributed by atoms with Crippen LogP contribution in [-0.2, 0) is 14.3 Å². The number of rotatable bonds is 9. The molecule has 240 valence electrons. The highest BCUT2D eigenvalue weighted by Gasteiger charge is 2.36. The summed E-state index contributed by atoms with van der Waals surface area (Å²) in [7, 11) is 2.90. The highest BCUT2D eigenvalue weighted by molar-refractivity contribution is 7.07. The van der Waals surface area contributed by atoms with Crippen LogP contribution in [0.3, 0.4) is 0 Å². The maximum absolute atomic E-state index is 14.3. The average molecular weight is 662 g/mol. The fraction of sp³-hybridized carbons (Fsp3) is 0.314. The first-order valence-corrected chi connectivity index (χ1v) is 16.2. The minimum Gasteiger partial charge on any atom is -0.496 e. The number of ether oxygens (including phenoxy) is 3. The van der Waals surface area contributed by atoms with Gasteiger partial charge < -0.3 is 18.8 Å². The first-order chi connectivity index (χ1) is 22.1. The number of hydrogen-bond donors (Lipinski definition) is 0. The molecule has 9 nitrogen and oxygen atoms in total. The maximum Gasteiger partial charge on any atom is 0.338 e. The average Bonchev–Trinajstić information content (AvgIpc) is 3.49. The normalized spacial score (nSPS) is 14.6. The zero-order valence-electron chi connectivity index (χ0n) is 26.9. The van der Waals surface area contributed by atoms with Crippen molar-refractivity contribution in [2.75, 3.05) is 20.8 Å². The number of hydrogen-bond acceptors (Lipinski definition) is 8. The molecule has 0 fully saturated rings. The molecule has 0 bridgehead atoms. The van der Waals surface area contributed by atoms with Crippen molar-refractivity contribution in [1.82, 2.24) is 9.13 Å². The third-order valence-electron chi connectivity index (χ3n) is 8.09. The Morgan fingerprint density at radius 3 is 2.50 bits per heavy atom. The third-order valence-corrected chi connectivity index (χ3v) is 9.30. The Labute approximate surface area is 276 Å². The SMILES string of the molecule is CCCC1=C(C(=O)OCC)[C@H](c2cc(Cl)ccc2OC)n2c(s/c(=C\c3cc(C)n(-c4cccc(C(=O)OC)c4C)c3C)c2=O)=N1. The molecule has 1 atom stereocenters. The second-order valence-corrected chi connectivity index (χ2v) is 12.3. The minimum absolute atomic E-state index is 0.170. The number of esters is 2. The fourth-order valence-corrected chi connectivity index (χ4v) is 7.17. The number of allylic oxidation sites excluding steroid dienone is 1. The molecule has 0 radical (unpaired) electrons. The number of thiazole rings is 1. The zero-order chi connectivity index (χ0) is 33.3. The second-order valence-electron chi connectivity index (χ2n) is 10.9. The highest BCUT2D eigenvalue weighted by atomic mass is 35.5. The number of aryl methyl sites for hydroxylation is 1. The molecule has 0 saturated carbocycles. The van der Waals surface area contributed by atoms with Crippen LogP contribution >= 0.6 is 22.9 Å². The molecule has 0 unspecified atom stereocenters. The molecule has 2 aromatic carbocycles. The van der Waals surface area contributed by atoms with Crippen LogP contribution < -0.4 is 19.6 Å². The summed E-state index contributed by atoms with van der Waals surface area (Å²) in [5, 5.41) is 0.439. The molecular formula is C35H36ClN3O6S. The molecule has 0 amide bonds. The number of carbonyl (C=O) groups is 2. The van der Waals surface area contributed by atoms with E-state index in [1.165, 1.54) is 25.6 Å². The summed E-state index contributed by atoms with van der Waals surface area (Å²) in [4.78, 5) is 45.6. The smallest absolute Gasteiger partial charge is 0.338 e. The summed E-state index contributed by atoms with van der Waals surface area (Å²) in [5.74, 6) is -0.459. The quantitative estimate of drug-likeness (QED) is 0.212. The Morgan fingerprint density at radius 2 is 1.83 bits per heavy atom. The van der Waals surface area contributed by atoms with Crippen LogP contribution in [0.1, 0.15) is 71.2 Å². The van der Waals surface area contributed by atoms with Gasteiger partial charge in [0, 0.05) is 27.7 Å². The van der Waals surface area contributed by atoms with Crippen molar-refractivity contribution in [2.45, 2.75) is 53.5 Å². The lowest BCUT2D eigenvalue weighted by Crippen LogP contribution is -2.40. The molecule has 11 heteroatoms. The van der Waals surface area contributed by atoms with Gasteiger partial charge in [-0.2, -0.15) is 0 Å². The van der Waals surface area contributed by atoms with Gasteiger partial charge in [-0.15, -0.1) is 0 Å². The molecule has 1 aliphatic heterocycles. The topological polar surface area (TPSA) is 101 Å². The number of methoxy groups -OCH3 is 2. The first-order valence-electron chi connectivity index (χ1n) is 15.0. The molecule has 4 aromatic rings. The Morgan fingerprint density at radius 1 is 1.07 bits per heavy atom. The van der Waals surface area contributed by atoms with Crippen molar-refractivity contribution in [3.8, 4) is 11.4 Å². The van der Waals surface area contributed by atoms with Gasteiger partial charge in [0.2, 0.25) is 0 Å². The number of carbonyl (C=O) groups excluding carboxylic acids is 2. The van der Waals surface area contributed by atoms with Crippen LogP contribution in [-0.4, -0.2) is 41.9 Å². The van der Waals surface area contributed by atoms with Crippen LogP contribution in [0.15, 0.2) is 63.5 Å². The standard InChI is InChI=1S/C35H36ClN3O6S/c1-8-11-26-30(34(42)45-9-2)31(25-18-23(36)14-15-28(25)43-6)39-32(40)29(46-35(39)37-26)17-22-16-19(3)38(21(22)5)27-13-10-12-24(20(27)4)33(41)44-7/h10,12-18,31H,8-9,11H2,1-7H3/b29-17-/t31-/m0/s1. The van der Waals surface area contributed by atoms with Gasteiger partial charge in [0.25, 0.3) is 5.56 Å². The number of fused-ring (bicyclic) bond motifs is 1. The summed E-state index contributed by atoms with van der Waals surface area (Å²) in [6.07, 6.45) is 3.10. The monoisotopic (exact) mass is 661 g/mol. The Balaban J connectivity index is 1.75. The van der Waals surface area contributed by atoms with Crippen LogP contribution in [0.4, 0.5) is 0 Å². The first kappa shape index (κ1) is 33.0. The van der Waals surface area contributed by atoms with Gasteiger partial charge in [-0.25, -0.2) is 14.6 Å². The van der Waals surface area contributed by atoms with Crippen molar-refractivity contribution >= 4 is 41.0 Å². The van der Waals surface area contributed by atoms with Gasteiger partial charge in [-0.3, -0.25) is 9.36 Å².